The van der Waals surface area contributed by atoms with Crippen LogP contribution >= 0.6 is 0 Å². The van der Waals surface area contributed by atoms with Crippen molar-refractivity contribution in [1.29, 1.82) is 0 Å². The summed E-state index contributed by atoms with van der Waals surface area (Å²) in [7, 11) is 0. The van der Waals surface area contributed by atoms with Crippen LogP contribution in [0.1, 0.15) is 29.8 Å². The first-order valence-electron chi connectivity index (χ1n) is 5.53. The standard InChI is InChI=1S/C11H8O5.C2H6/c12-5-6-1-2-9-7(3-6)4-8(10(13)14)11(15)16-9;1-2/h1-4,12H,5H2,(H,13,14);1-2H3. The molecule has 5 nitrogen and oxygen atoms in total. The van der Waals surface area contributed by atoms with E-state index in [0.717, 1.165) is 0 Å². The number of hydrogen-bond donors (Lipinski definition) is 2. The van der Waals surface area contributed by atoms with E-state index in [2.05, 4.69) is 0 Å². The molecule has 0 radical (unpaired) electrons. The summed E-state index contributed by atoms with van der Waals surface area (Å²) in [5.41, 5.74) is -0.371. The Morgan fingerprint density at radius 2 is 1.94 bits per heavy atom. The van der Waals surface area contributed by atoms with Gasteiger partial charge in [-0.15, -0.1) is 0 Å². The zero-order chi connectivity index (χ0) is 13.7. The molecule has 0 aliphatic carbocycles. The average molecular weight is 250 g/mol. The smallest absolute Gasteiger partial charge is 0.351 e. The summed E-state index contributed by atoms with van der Waals surface area (Å²) in [5, 5.41) is 18.1. The molecule has 18 heavy (non-hydrogen) atoms. The molecule has 2 N–H and O–H groups in total. The lowest BCUT2D eigenvalue weighted by Crippen LogP contribution is -2.12. The zero-order valence-electron chi connectivity index (χ0n) is 10.1. The van der Waals surface area contributed by atoms with Gasteiger partial charge in [-0.2, -0.15) is 0 Å². The van der Waals surface area contributed by atoms with Crippen LogP contribution < -0.4 is 5.63 Å². The van der Waals surface area contributed by atoms with Crippen LogP contribution in [-0.2, 0) is 6.61 Å². The second-order valence-electron chi connectivity index (χ2n) is 3.28. The molecule has 2 rings (SSSR count). The van der Waals surface area contributed by atoms with E-state index in [4.69, 9.17) is 14.6 Å². The number of aliphatic hydroxyl groups excluding tert-OH is 1. The van der Waals surface area contributed by atoms with E-state index in [-0.39, 0.29) is 6.61 Å². The van der Waals surface area contributed by atoms with E-state index in [9.17, 15) is 9.59 Å². The van der Waals surface area contributed by atoms with Crippen molar-refractivity contribution < 1.29 is 19.4 Å². The Labute approximate surface area is 103 Å². The number of carbonyl (C=O) groups is 1. The summed E-state index contributed by atoms with van der Waals surface area (Å²) in [4.78, 5) is 21.9. The molecule has 2 aromatic rings. The first-order valence-corrected chi connectivity index (χ1v) is 5.53. The molecule has 0 aliphatic rings. The third-order valence-electron chi connectivity index (χ3n) is 2.21. The summed E-state index contributed by atoms with van der Waals surface area (Å²) >= 11 is 0. The molecule has 96 valence electrons. The summed E-state index contributed by atoms with van der Waals surface area (Å²) < 4.78 is 4.84. The SMILES string of the molecule is CC.O=C(O)c1cc2cc(CO)ccc2oc1=O. The first kappa shape index (κ1) is 13.9. The highest BCUT2D eigenvalue weighted by atomic mass is 16.4. The van der Waals surface area contributed by atoms with E-state index in [1.165, 1.54) is 12.1 Å². The molecule has 0 aliphatic heterocycles. The van der Waals surface area contributed by atoms with Crippen molar-refractivity contribution >= 4 is 16.9 Å². The van der Waals surface area contributed by atoms with E-state index >= 15 is 0 Å². The summed E-state index contributed by atoms with van der Waals surface area (Å²) in [6.07, 6.45) is 0. The van der Waals surface area contributed by atoms with E-state index in [1.807, 2.05) is 13.8 Å². The van der Waals surface area contributed by atoms with E-state index in [0.29, 0.717) is 16.5 Å². The van der Waals surface area contributed by atoms with Gasteiger partial charge < -0.3 is 14.6 Å². The summed E-state index contributed by atoms with van der Waals surface area (Å²) in [5.74, 6) is -1.33. The van der Waals surface area contributed by atoms with Gasteiger partial charge in [0, 0.05) is 5.39 Å². The minimum absolute atomic E-state index is 0.155. The third kappa shape index (κ3) is 2.75. The number of carboxylic acids is 1. The predicted octanol–water partition coefficient (Wildman–Crippen LogP) is 2.01. The Bertz CT molecular complexity index is 612. The Morgan fingerprint density at radius 3 is 2.50 bits per heavy atom. The van der Waals surface area contributed by atoms with Gasteiger partial charge in [0.1, 0.15) is 11.1 Å². The number of hydrogen-bond acceptors (Lipinski definition) is 4. The van der Waals surface area contributed by atoms with Crippen molar-refractivity contribution in [3.63, 3.8) is 0 Å². The molecule has 0 saturated carbocycles. The van der Waals surface area contributed by atoms with Crippen LogP contribution in [0.5, 0.6) is 0 Å². The Balaban J connectivity index is 0.000000771. The normalized spacial score (nSPS) is 9.72. The molecule has 0 saturated heterocycles. The minimum atomic E-state index is -1.33. The maximum atomic E-state index is 11.2. The molecule has 0 amide bonds. The highest BCUT2D eigenvalue weighted by Crippen LogP contribution is 2.15. The lowest BCUT2D eigenvalue weighted by Gasteiger charge is -2.00. The molecule has 0 fully saturated rings. The van der Waals surface area contributed by atoms with Crippen molar-refractivity contribution in [3.05, 3.63) is 45.8 Å². The maximum absolute atomic E-state index is 11.2. The molecular formula is C13H14O5. The van der Waals surface area contributed by atoms with Gasteiger partial charge >= 0.3 is 11.6 Å². The van der Waals surface area contributed by atoms with Gasteiger partial charge in [0.25, 0.3) is 0 Å². The predicted molar refractivity (Wildman–Crippen MR) is 66.7 cm³/mol. The first-order chi connectivity index (χ1) is 8.61. The summed E-state index contributed by atoms with van der Waals surface area (Å²) in [6, 6.07) is 5.94. The minimum Gasteiger partial charge on any atom is -0.477 e. The van der Waals surface area contributed by atoms with Crippen LogP contribution in [-0.4, -0.2) is 16.2 Å². The van der Waals surface area contributed by atoms with Gasteiger partial charge in [-0.1, -0.05) is 19.9 Å². The van der Waals surface area contributed by atoms with Gasteiger partial charge in [-0.3, -0.25) is 0 Å². The fraction of sp³-hybridized carbons (Fsp3) is 0.231. The monoisotopic (exact) mass is 250 g/mol. The Hall–Kier alpha value is -2.14. The number of rotatable bonds is 2. The fourth-order valence-corrected chi connectivity index (χ4v) is 1.42. The lowest BCUT2D eigenvalue weighted by atomic mass is 10.1. The molecular weight excluding hydrogens is 236 g/mol. The van der Waals surface area contributed by atoms with Crippen molar-refractivity contribution in [1.82, 2.24) is 0 Å². The molecule has 0 bridgehead atoms. The number of aliphatic hydroxyl groups is 1. The molecule has 1 heterocycles. The van der Waals surface area contributed by atoms with Gasteiger partial charge in [0.15, 0.2) is 0 Å². The Kier molecular flexibility index (Phi) is 4.62. The maximum Gasteiger partial charge on any atom is 0.351 e. The second-order valence-corrected chi connectivity index (χ2v) is 3.28. The van der Waals surface area contributed by atoms with Crippen LogP contribution in [0, 0.1) is 0 Å². The number of benzene rings is 1. The van der Waals surface area contributed by atoms with Gasteiger partial charge in [-0.25, -0.2) is 9.59 Å². The van der Waals surface area contributed by atoms with Gasteiger partial charge in [0.2, 0.25) is 0 Å². The van der Waals surface area contributed by atoms with Crippen molar-refractivity contribution in [2.24, 2.45) is 0 Å². The number of aromatic carboxylic acids is 1. The molecule has 1 aromatic heterocycles. The molecule has 5 heteroatoms. The highest BCUT2D eigenvalue weighted by molar-refractivity contribution is 5.91. The zero-order valence-corrected chi connectivity index (χ0v) is 10.1. The van der Waals surface area contributed by atoms with Crippen LogP contribution in [0.3, 0.4) is 0 Å². The molecule has 0 unspecified atom stereocenters. The van der Waals surface area contributed by atoms with E-state index in [1.54, 1.807) is 12.1 Å². The quantitative estimate of drug-likeness (QED) is 0.796. The Morgan fingerprint density at radius 1 is 1.28 bits per heavy atom. The van der Waals surface area contributed by atoms with Crippen molar-refractivity contribution in [2.45, 2.75) is 20.5 Å². The van der Waals surface area contributed by atoms with Crippen LogP contribution in [0.2, 0.25) is 0 Å². The van der Waals surface area contributed by atoms with Crippen LogP contribution in [0.4, 0.5) is 0 Å². The van der Waals surface area contributed by atoms with E-state index < -0.39 is 17.2 Å². The summed E-state index contributed by atoms with van der Waals surface area (Å²) in [6.45, 7) is 3.84. The van der Waals surface area contributed by atoms with Crippen LogP contribution in [0.25, 0.3) is 11.0 Å². The number of carboxylic acid groups (broad SMARTS) is 1. The average Bonchev–Trinajstić information content (AvgIpc) is 2.39. The van der Waals surface area contributed by atoms with Crippen LogP contribution in [0.15, 0.2) is 33.5 Å². The van der Waals surface area contributed by atoms with Gasteiger partial charge in [-0.05, 0) is 23.8 Å². The molecule has 0 atom stereocenters. The number of fused-ring (bicyclic) bond motifs is 1. The third-order valence-corrected chi connectivity index (χ3v) is 2.21. The fourth-order valence-electron chi connectivity index (χ4n) is 1.42. The lowest BCUT2D eigenvalue weighted by molar-refractivity contribution is 0.0692. The highest BCUT2D eigenvalue weighted by Gasteiger charge is 2.11. The second kappa shape index (κ2) is 5.97. The largest absolute Gasteiger partial charge is 0.477 e. The van der Waals surface area contributed by atoms with Crippen molar-refractivity contribution in [3.8, 4) is 0 Å². The molecule has 0 spiro atoms. The van der Waals surface area contributed by atoms with Crippen molar-refractivity contribution in [2.75, 3.05) is 0 Å². The molecule has 1 aromatic carbocycles. The van der Waals surface area contributed by atoms with Gasteiger partial charge in [0.05, 0.1) is 6.61 Å². The topological polar surface area (TPSA) is 87.7 Å².